The molecule has 2 aromatic carbocycles. The van der Waals surface area contributed by atoms with Crippen molar-refractivity contribution in [1.29, 1.82) is 0 Å². The SMILES string of the molecule is O=C(Nc1ccc2c(c1)OCCO2)c1cnc(NCCc2ccc(F)cc2)cn1. The standard InChI is InChI=1S/C21H19FN4O3/c22-15-3-1-14(2-4-15)7-8-23-20-13-24-17(12-25-20)21(27)26-16-5-6-18-19(11-16)29-10-9-28-18/h1-6,11-13H,7-10H2,(H,23,25)(H,26,27). The first kappa shape index (κ1) is 18.7. The van der Waals surface area contributed by atoms with Gasteiger partial charge in [-0.2, -0.15) is 0 Å². The van der Waals surface area contributed by atoms with Crippen molar-refractivity contribution in [3.63, 3.8) is 0 Å². The molecule has 0 spiro atoms. The number of hydrogen-bond acceptors (Lipinski definition) is 6. The quantitative estimate of drug-likeness (QED) is 0.667. The van der Waals surface area contributed by atoms with E-state index in [2.05, 4.69) is 20.6 Å². The van der Waals surface area contributed by atoms with Gasteiger partial charge in [-0.1, -0.05) is 12.1 Å². The maximum Gasteiger partial charge on any atom is 0.275 e. The van der Waals surface area contributed by atoms with Crippen LogP contribution in [0.25, 0.3) is 0 Å². The number of benzene rings is 2. The Morgan fingerprint density at radius 1 is 1.00 bits per heavy atom. The first-order chi connectivity index (χ1) is 14.2. The second-order valence-corrected chi connectivity index (χ2v) is 6.40. The van der Waals surface area contributed by atoms with Crippen LogP contribution >= 0.6 is 0 Å². The lowest BCUT2D eigenvalue weighted by molar-refractivity contribution is 0.102. The van der Waals surface area contributed by atoms with E-state index < -0.39 is 0 Å². The van der Waals surface area contributed by atoms with Gasteiger partial charge in [0.05, 0.1) is 12.4 Å². The Kier molecular flexibility index (Phi) is 5.51. The number of amides is 1. The lowest BCUT2D eigenvalue weighted by atomic mass is 10.1. The summed E-state index contributed by atoms with van der Waals surface area (Å²) in [6, 6.07) is 11.6. The van der Waals surface area contributed by atoms with Gasteiger partial charge in [0.25, 0.3) is 5.91 Å². The number of rotatable bonds is 6. The third-order valence-electron chi connectivity index (χ3n) is 4.32. The molecule has 0 unspecified atom stereocenters. The van der Waals surface area contributed by atoms with Gasteiger partial charge in [-0.15, -0.1) is 0 Å². The Morgan fingerprint density at radius 2 is 1.79 bits per heavy atom. The van der Waals surface area contributed by atoms with Crippen LogP contribution in [0, 0.1) is 5.82 Å². The molecular weight excluding hydrogens is 375 g/mol. The number of carbonyl (C=O) groups excluding carboxylic acids is 1. The van der Waals surface area contributed by atoms with Gasteiger partial charge in [0, 0.05) is 18.3 Å². The number of aromatic nitrogens is 2. The summed E-state index contributed by atoms with van der Waals surface area (Å²) in [6.07, 6.45) is 3.63. The van der Waals surface area contributed by atoms with Gasteiger partial charge < -0.3 is 20.1 Å². The van der Waals surface area contributed by atoms with Crippen LogP contribution in [0.1, 0.15) is 16.1 Å². The molecule has 1 aromatic heterocycles. The van der Waals surface area contributed by atoms with E-state index in [1.807, 2.05) is 0 Å². The number of anilines is 2. The zero-order valence-electron chi connectivity index (χ0n) is 15.5. The molecule has 0 fully saturated rings. The second-order valence-electron chi connectivity index (χ2n) is 6.40. The average Bonchev–Trinajstić information content (AvgIpc) is 2.75. The highest BCUT2D eigenvalue weighted by Gasteiger charge is 2.14. The number of fused-ring (bicyclic) bond motifs is 1. The zero-order chi connectivity index (χ0) is 20.1. The van der Waals surface area contributed by atoms with Gasteiger partial charge in [-0.05, 0) is 36.2 Å². The van der Waals surface area contributed by atoms with Crippen molar-refractivity contribution >= 4 is 17.4 Å². The second kappa shape index (κ2) is 8.55. The Bertz CT molecular complexity index is 994. The van der Waals surface area contributed by atoms with Gasteiger partial charge >= 0.3 is 0 Å². The van der Waals surface area contributed by atoms with Gasteiger partial charge in [0.15, 0.2) is 11.5 Å². The lowest BCUT2D eigenvalue weighted by Gasteiger charge is -2.18. The summed E-state index contributed by atoms with van der Waals surface area (Å²) in [7, 11) is 0. The topological polar surface area (TPSA) is 85.4 Å². The van der Waals surface area contributed by atoms with E-state index in [-0.39, 0.29) is 17.4 Å². The van der Waals surface area contributed by atoms with Gasteiger partial charge in [-0.3, -0.25) is 4.79 Å². The van der Waals surface area contributed by atoms with Crippen LogP contribution in [0.15, 0.2) is 54.9 Å². The van der Waals surface area contributed by atoms with Gasteiger partial charge in [0.1, 0.15) is 30.5 Å². The normalized spacial score (nSPS) is 12.3. The smallest absolute Gasteiger partial charge is 0.275 e. The zero-order valence-corrected chi connectivity index (χ0v) is 15.5. The van der Waals surface area contributed by atoms with Crippen molar-refractivity contribution in [2.24, 2.45) is 0 Å². The van der Waals surface area contributed by atoms with E-state index in [0.717, 1.165) is 5.56 Å². The van der Waals surface area contributed by atoms with Crippen molar-refractivity contribution in [3.8, 4) is 11.5 Å². The summed E-state index contributed by atoms with van der Waals surface area (Å²) in [6.45, 7) is 1.60. The summed E-state index contributed by atoms with van der Waals surface area (Å²) in [4.78, 5) is 20.8. The first-order valence-electron chi connectivity index (χ1n) is 9.19. The number of nitrogens with one attached hydrogen (secondary N) is 2. The van der Waals surface area contributed by atoms with Crippen molar-refractivity contribution in [1.82, 2.24) is 9.97 Å². The number of nitrogens with zero attached hydrogens (tertiary/aromatic N) is 2. The summed E-state index contributed by atoms with van der Waals surface area (Å²) in [5.74, 6) is 1.19. The fourth-order valence-electron chi connectivity index (χ4n) is 2.84. The molecule has 0 saturated heterocycles. The van der Waals surface area contributed by atoms with Crippen molar-refractivity contribution in [2.75, 3.05) is 30.4 Å². The van der Waals surface area contributed by atoms with Crippen molar-refractivity contribution < 1.29 is 18.7 Å². The van der Waals surface area contributed by atoms with Gasteiger partial charge in [0.2, 0.25) is 0 Å². The van der Waals surface area contributed by atoms with E-state index in [1.54, 1.807) is 30.3 Å². The molecule has 3 aromatic rings. The number of halogens is 1. The highest BCUT2D eigenvalue weighted by atomic mass is 19.1. The third kappa shape index (κ3) is 4.78. The predicted octanol–water partition coefficient (Wildman–Crippen LogP) is 3.29. The fraction of sp³-hybridized carbons (Fsp3) is 0.190. The molecule has 1 aliphatic heterocycles. The molecule has 7 nitrogen and oxygen atoms in total. The molecule has 1 amide bonds. The third-order valence-corrected chi connectivity index (χ3v) is 4.32. The van der Waals surface area contributed by atoms with E-state index in [4.69, 9.17) is 9.47 Å². The minimum atomic E-state index is -0.368. The van der Waals surface area contributed by atoms with Crippen LogP contribution in [-0.2, 0) is 6.42 Å². The minimum absolute atomic E-state index is 0.198. The largest absolute Gasteiger partial charge is 0.486 e. The average molecular weight is 394 g/mol. The number of hydrogen-bond donors (Lipinski definition) is 2. The molecule has 1 aliphatic rings. The molecular formula is C21H19FN4O3. The molecule has 4 rings (SSSR count). The summed E-state index contributed by atoms with van der Waals surface area (Å²) >= 11 is 0. The molecule has 148 valence electrons. The van der Waals surface area contributed by atoms with Crippen LogP contribution in [0.3, 0.4) is 0 Å². The van der Waals surface area contributed by atoms with Gasteiger partial charge in [-0.25, -0.2) is 14.4 Å². The van der Waals surface area contributed by atoms with Crippen LogP contribution in [0.4, 0.5) is 15.9 Å². The minimum Gasteiger partial charge on any atom is -0.486 e. The van der Waals surface area contributed by atoms with Crippen LogP contribution in [-0.4, -0.2) is 35.6 Å². The lowest BCUT2D eigenvalue weighted by Crippen LogP contribution is -2.17. The Labute approximate surface area is 166 Å². The predicted molar refractivity (Wildman–Crippen MR) is 106 cm³/mol. The molecule has 0 radical (unpaired) electrons. The summed E-state index contributed by atoms with van der Waals surface area (Å²) in [5.41, 5.74) is 1.80. The Hall–Kier alpha value is -3.68. The fourth-order valence-corrected chi connectivity index (χ4v) is 2.84. The Morgan fingerprint density at radius 3 is 2.55 bits per heavy atom. The maximum absolute atomic E-state index is 12.9. The molecule has 2 heterocycles. The Balaban J connectivity index is 1.31. The van der Waals surface area contributed by atoms with E-state index in [9.17, 15) is 9.18 Å². The molecule has 8 heteroatoms. The molecule has 29 heavy (non-hydrogen) atoms. The molecule has 2 N–H and O–H groups in total. The number of ether oxygens (including phenoxy) is 2. The van der Waals surface area contributed by atoms with E-state index in [0.29, 0.717) is 49.2 Å². The monoisotopic (exact) mass is 394 g/mol. The molecule has 0 saturated carbocycles. The van der Waals surface area contributed by atoms with Crippen molar-refractivity contribution in [3.05, 3.63) is 71.9 Å². The van der Waals surface area contributed by atoms with Crippen LogP contribution < -0.4 is 20.1 Å². The molecule has 0 atom stereocenters. The van der Waals surface area contributed by atoms with Crippen LogP contribution in [0.2, 0.25) is 0 Å². The first-order valence-corrected chi connectivity index (χ1v) is 9.19. The number of carbonyl (C=O) groups is 1. The van der Waals surface area contributed by atoms with Crippen LogP contribution in [0.5, 0.6) is 11.5 Å². The van der Waals surface area contributed by atoms with Crippen molar-refractivity contribution in [2.45, 2.75) is 6.42 Å². The maximum atomic E-state index is 12.9. The molecule has 0 aliphatic carbocycles. The molecule has 0 bridgehead atoms. The highest BCUT2D eigenvalue weighted by molar-refractivity contribution is 6.02. The van der Waals surface area contributed by atoms with E-state index in [1.165, 1.54) is 24.5 Å². The summed E-state index contributed by atoms with van der Waals surface area (Å²) < 4.78 is 23.9. The summed E-state index contributed by atoms with van der Waals surface area (Å²) in [5, 5.41) is 5.90. The highest BCUT2D eigenvalue weighted by Crippen LogP contribution is 2.32. The van der Waals surface area contributed by atoms with E-state index >= 15 is 0 Å².